The Morgan fingerprint density at radius 2 is 1.71 bits per heavy atom. The Morgan fingerprint density at radius 1 is 1.07 bits per heavy atom. The van der Waals surface area contributed by atoms with E-state index in [4.69, 9.17) is 15.3 Å². The average Bonchev–Trinajstić information content (AvgIpc) is 2.64. The molecule has 0 radical (unpaired) electrons. The zero-order chi connectivity index (χ0) is 20.9. The van der Waals surface area contributed by atoms with Crippen molar-refractivity contribution >= 4 is 11.9 Å². The van der Waals surface area contributed by atoms with Crippen LogP contribution < -0.4 is 11.3 Å². The molecule has 0 aliphatic rings. The van der Waals surface area contributed by atoms with Crippen molar-refractivity contribution in [1.82, 2.24) is 5.43 Å². The summed E-state index contributed by atoms with van der Waals surface area (Å²) in [6, 6.07) is 9.58. The van der Waals surface area contributed by atoms with Crippen molar-refractivity contribution in [3.63, 3.8) is 0 Å². The summed E-state index contributed by atoms with van der Waals surface area (Å²) in [4.78, 5) is 24.7. The van der Waals surface area contributed by atoms with E-state index in [0.29, 0.717) is 11.1 Å². The van der Waals surface area contributed by atoms with Crippen molar-refractivity contribution in [3.8, 4) is 11.5 Å². The number of nitrogens with one attached hydrogen (secondary N) is 1. The number of carbonyl (C=O) groups excluding carboxylic acids is 2. The second-order valence-corrected chi connectivity index (χ2v) is 6.72. The van der Waals surface area contributed by atoms with E-state index < -0.39 is 24.3 Å². The molecular weight excluding hydrogens is 364 g/mol. The fraction of sp³-hybridized carbons (Fsp3) is 0.300. The van der Waals surface area contributed by atoms with Crippen molar-refractivity contribution in [2.45, 2.75) is 32.7 Å². The fourth-order valence-corrected chi connectivity index (χ4v) is 2.77. The molecule has 0 saturated carbocycles. The molecule has 0 aromatic heterocycles. The predicted molar refractivity (Wildman–Crippen MR) is 101 cm³/mol. The van der Waals surface area contributed by atoms with Crippen molar-refractivity contribution in [3.05, 3.63) is 58.7 Å². The lowest BCUT2D eigenvalue weighted by Crippen LogP contribution is -2.55. The van der Waals surface area contributed by atoms with Gasteiger partial charge in [0, 0.05) is 6.42 Å². The van der Waals surface area contributed by atoms with Crippen LogP contribution in [0, 0.1) is 13.8 Å². The number of rotatable bonds is 7. The number of phenolic OH excluding ortho intramolecular Hbond substituents is 2. The molecule has 2 aromatic carbocycles. The SMILES string of the molecule is Cc1cccc(C)c1C(=O)OCOC(=O)[C@](C)(Cc1ccc(O)c(O)c1)NN. The van der Waals surface area contributed by atoms with Crippen molar-refractivity contribution < 1.29 is 29.3 Å². The van der Waals surface area contributed by atoms with Gasteiger partial charge < -0.3 is 19.7 Å². The van der Waals surface area contributed by atoms with E-state index in [1.165, 1.54) is 19.1 Å². The molecule has 5 N–H and O–H groups in total. The molecule has 1 atom stereocenters. The average molecular weight is 388 g/mol. The third-order valence-corrected chi connectivity index (χ3v) is 4.43. The molecule has 2 aromatic rings. The Labute approximate surface area is 162 Å². The number of benzene rings is 2. The van der Waals surface area contributed by atoms with Gasteiger partial charge in [-0.1, -0.05) is 24.3 Å². The zero-order valence-corrected chi connectivity index (χ0v) is 16.0. The molecular formula is C20H24N2O6. The van der Waals surface area contributed by atoms with Gasteiger partial charge in [0.05, 0.1) is 5.56 Å². The van der Waals surface area contributed by atoms with Crippen molar-refractivity contribution in [2.24, 2.45) is 5.84 Å². The molecule has 0 aliphatic carbocycles. The van der Waals surface area contributed by atoms with Gasteiger partial charge in [-0.05, 0) is 49.6 Å². The van der Waals surface area contributed by atoms with Crippen LogP contribution in [0.5, 0.6) is 11.5 Å². The maximum absolute atomic E-state index is 12.4. The quantitative estimate of drug-likeness (QED) is 0.186. The van der Waals surface area contributed by atoms with E-state index in [-0.39, 0.29) is 17.9 Å². The standard InChI is InChI=1S/C20H24N2O6/c1-12-5-4-6-13(2)17(12)18(25)27-11-28-19(26)20(3,22-21)10-14-7-8-15(23)16(24)9-14/h4-9,22-24H,10-11,21H2,1-3H3/t20-/m0/s1. The third-order valence-electron chi connectivity index (χ3n) is 4.43. The maximum Gasteiger partial charge on any atom is 0.341 e. The van der Waals surface area contributed by atoms with E-state index in [1.807, 2.05) is 6.07 Å². The highest BCUT2D eigenvalue weighted by Crippen LogP contribution is 2.27. The Hall–Kier alpha value is -3.10. The topological polar surface area (TPSA) is 131 Å². The normalized spacial score (nSPS) is 12.9. The Bertz CT molecular complexity index is 863. The van der Waals surface area contributed by atoms with E-state index in [9.17, 15) is 19.8 Å². The molecule has 0 fully saturated rings. The van der Waals surface area contributed by atoms with Crippen LogP contribution in [0.2, 0.25) is 0 Å². The summed E-state index contributed by atoms with van der Waals surface area (Å²) in [6.07, 6.45) is 0.0705. The van der Waals surface area contributed by atoms with Crippen LogP contribution in [-0.2, 0) is 20.7 Å². The van der Waals surface area contributed by atoms with Gasteiger partial charge in [0.1, 0.15) is 5.54 Å². The van der Waals surface area contributed by atoms with Gasteiger partial charge in [0.15, 0.2) is 11.5 Å². The third kappa shape index (κ3) is 4.79. The van der Waals surface area contributed by atoms with Gasteiger partial charge in [0.25, 0.3) is 0 Å². The Balaban J connectivity index is 1.99. The van der Waals surface area contributed by atoms with Crippen LogP contribution in [-0.4, -0.2) is 34.5 Å². The molecule has 8 nitrogen and oxygen atoms in total. The first-order valence-corrected chi connectivity index (χ1v) is 8.57. The number of nitrogens with two attached hydrogens (primary N) is 1. The Morgan fingerprint density at radius 3 is 2.29 bits per heavy atom. The van der Waals surface area contributed by atoms with E-state index >= 15 is 0 Å². The number of hydrazine groups is 1. The lowest BCUT2D eigenvalue weighted by Gasteiger charge is -2.26. The van der Waals surface area contributed by atoms with Crippen LogP contribution >= 0.6 is 0 Å². The summed E-state index contributed by atoms with van der Waals surface area (Å²) in [5.74, 6) is 3.60. The van der Waals surface area contributed by atoms with E-state index in [1.54, 1.807) is 32.0 Å². The summed E-state index contributed by atoms with van der Waals surface area (Å²) in [5, 5.41) is 19.0. The molecule has 0 heterocycles. The van der Waals surface area contributed by atoms with Gasteiger partial charge in [-0.2, -0.15) is 0 Å². The monoisotopic (exact) mass is 388 g/mol. The van der Waals surface area contributed by atoms with E-state index in [2.05, 4.69) is 5.43 Å². The summed E-state index contributed by atoms with van der Waals surface area (Å²) < 4.78 is 10.1. The van der Waals surface area contributed by atoms with Gasteiger partial charge in [-0.3, -0.25) is 5.84 Å². The smallest absolute Gasteiger partial charge is 0.341 e. The number of ether oxygens (including phenoxy) is 2. The van der Waals surface area contributed by atoms with Gasteiger partial charge in [0.2, 0.25) is 6.79 Å². The molecule has 8 heteroatoms. The van der Waals surface area contributed by atoms with Gasteiger partial charge in [-0.15, -0.1) is 0 Å². The highest BCUT2D eigenvalue weighted by molar-refractivity contribution is 5.92. The highest BCUT2D eigenvalue weighted by atomic mass is 16.7. The molecule has 150 valence electrons. The molecule has 28 heavy (non-hydrogen) atoms. The summed E-state index contributed by atoms with van der Waals surface area (Å²) in [6.45, 7) is 4.52. The lowest BCUT2D eigenvalue weighted by atomic mass is 9.93. The van der Waals surface area contributed by atoms with Crippen LogP contribution in [0.4, 0.5) is 0 Å². The second-order valence-electron chi connectivity index (χ2n) is 6.72. The largest absolute Gasteiger partial charge is 0.504 e. The first-order chi connectivity index (χ1) is 13.2. The zero-order valence-electron chi connectivity index (χ0n) is 16.0. The predicted octanol–water partition coefficient (Wildman–Crippen LogP) is 1.84. The van der Waals surface area contributed by atoms with Crippen LogP contribution in [0.15, 0.2) is 36.4 Å². The number of aromatic hydroxyl groups is 2. The molecule has 0 aliphatic heterocycles. The Kier molecular flexibility index (Phi) is 6.61. The maximum atomic E-state index is 12.4. The molecule has 2 rings (SSSR count). The molecule has 0 spiro atoms. The van der Waals surface area contributed by atoms with Crippen molar-refractivity contribution in [2.75, 3.05) is 6.79 Å². The number of hydrogen-bond acceptors (Lipinski definition) is 8. The van der Waals surface area contributed by atoms with Crippen LogP contribution in [0.1, 0.15) is 34.0 Å². The minimum atomic E-state index is -1.34. The minimum Gasteiger partial charge on any atom is -0.504 e. The van der Waals surface area contributed by atoms with Crippen LogP contribution in [0.25, 0.3) is 0 Å². The van der Waals surface area contributed by atoms with E-state index in [0.717, 1.165) is 11.1 Å². The molecule has 0 saturated heterocycles. The fourth-order valence-electron chi connectivity index (χ4n) is 2.77. The van der Waals surface area contributed by atoms with Crippen molar-refractivity contribution in [1.29, 1.82) is 0 Å². The first kappa shape index (κ1) is 21.2. The number of hydrogen-bond donors (Lipinski definition) is 4. The number of phenols is 2. The number of esters is 2. The first-order valence-electron chi connectivity index (χ1n) is 8.57. The summed E-state index contributed by atoms with van der Waals surface area (Å²) >= 11 is 0. The second kappa shape index (κ2) is 8.73. The highest BCUT2D eigenvalue weighted by Gasteiger charge is 2.34. The summed E-state index contributed by atoms with van der Waals surface area (Å²) in [5.41, 5.74) is 3.54. The molecule has 0 amide bonds. The lowest BCUT2D eigenvalue weighted by molar-refractivity contribution is -0.159. The number of aryl methyl sites for hydroxylation is 2. The summed E-state index contributed by atoms with van der Waals surface area (Å²) in [7, 11) is 0. The van der Waals surface area contributed by atoms with Crippen LogP contribution in [0.3, 0.4) is 0 Å². The molecule has 0 bridgehead atoms. The van der Waals surface area contributed by atoms with Gasteiger partial charge >= 0.3 is 11.9 Å². The molecule has 0 unspecified atom stereocenters. The number of carbonyl (C=O) groups is 2. The minimum absolute atomic E-state index is 0.0705. The van der Waals surface area contributed by atoms with Gasteiger partial charge in [-0.25, -0.2) is 15.0 Å².